The van der Waals surface area contributed by atoms with E-state index in [1.165, 1.54) is 40.6 Å². The van der Waals surface area contributed by atoms with Crippen LogP contribution in [0.3, 0.4) is 0 Å². The molecule has 0 fully saturated rings. The number of rotatable bonds is 8. The second kappa shape index (κ2) is 12.5. The minimum Gasteiger partial charge on any atom is -0.502 e. The van der Waals surface area contributed by atoms with Gasteiger partial charge in [0.15, 0.2) is 23.0 Å². The van der Waals surface area contributed by atoms with Crippen molar-refractivity contribution in [3.05, 3.63) is 47.5 Å². The van der Waals surface area contributed by atoms with E-state index in [0.29, 0.717) is 46.7 Å². The molecule has 0 aliphatic rings. The van der Waals surface area contributed by atoms with E-state index in [4.69, 9.17) is 18.9 Å². The van der Waals surface area contributed by atoms with Crippen molar-refractivity contribution in [1.82, 2.24) is 0 Å². The number of methoxy groups -OCH3 is 4. The Morgan fingerprint density at radius 2 is 0.867 bits per heavy atom. The molecule has 0 heterocycles. The Hall–Kier alpha value is -3.94. The highest BCUT2D eigenvalue weighted by molar-refractivity contribution is 5.75. The first-order valence-electron chi connectivity index (χ1n) is 8.59. The van der Waals surface area contributed by atoms with Gasteiger partial charge in [0.1, 0.15) is 12.6 Å². The van der Waals surface area contributed by atoms with Gasteiger partial charge in [-0.15, -0.1) is 0 Å². The van der Waals surface area contributed by atoms with Gasteiger partial charge in [-0.25, -0.2) is 0 Å². The second-order valence-corrected chi connectivity index (χ2v) is 5.54. The zero-order valence-electron chi connectivity index (χ0n) is 17.1. The molecule has 160 valence electrons. The Balaban J connectivity index is 0.000000300. The number of phenols is 2. The summed E-state index contributed by atoms with van der Waals surface area (Å²) in [7, 11) is 5.78. The molecule has 2 aromatic rings. The number of ether oxygens (including phenoxy) is 4. The van der Waals surface area contributed by atoms with Gasteiger partial charge in [-0.3, -0.25) is 9.59 Å². The fourth-order valence-electron chi connectivity index (χ4n) is 2.32. The zero-order valence-corrected chi connectivity index (χ0v) is 17.1. The van der Waals surface area contributed by atoms with Crippen LogP contribution in [0.1, 0.15) is 11.1 Å². The van der Waals surface area contributed by atoms with Gasteiger partial charge in [-0.1, -0.05) is 12.2 Å². The average Bonchev–Trinajstić information content (AvgIpc) is 2.77. The quantitative estimate of drug-likeness (QED) is 0.498. The lowest BCUT2D eigenvalue weighted by atomic mass is 10.1. The number of phenolic OH excluding ortho intramolecular Hbond substituents is 2. The van der Waals surface area contributed by atoms with E-state index in [2.05, 4.69) is 0 Å². The SMILES string of the molecule is COc1cc(/C=C/C=O)cc(OC)c1O.COc1cc(/C=C/C=O)cc(OC)c1O. The maximum absolute atomic E-state index is 10.2. The van der Waals surface area contributed by atoms with E-state index in [0.717, 1.165) is 0 Å². The first-order chi connectivity index (χ1) is 14.4. The van der Waals surface area contributed by atoms with Crippen LogP contribution >= 0.6 is 0 Å². The molecule has 0 aliphatic heterocycles. The Kier molecular flexibility index (Phi) is 10.0. The lowest BCUT2D eigenvalue weighted by Crippen LogP contribution is -1.90. The number of aldehydes is 2. The van der Waals surface area contributed by atoms with E-state index >= 15 is 0 Å². The van der Waals surface area contributed by atoms with E-state index < -0.39 is 0 Å². The number of carbonyl (C=O) groups is 2. The highest BCUT2D eigenvalue weighted by Crippen LogP contribution is 2.38. The van der Waals surface area contributed by atoms with Crippen LogP contribution in [0, 0.1) is 0 Å². The van der Waals surface area contributed by atoms with Crippen molar-refractivity contribution in [1.29, 1.82) is 0 Å². The van der Waals surface area contributed by atoms with Gasteiger partial charge < -0.3 is 29.2 Å². The largest absolute Gasteiger partial charge is 0.502 e. The second-order valence-electron chi connectivity index (χ2n) is 5.54. The highest BCUT2D eigenvalue weighted by Gasteiger charge is 2.10. The molecular formula is C22H24O8. The Labute approximate surface area is 174 Å². The lowest BCUT2D eigenvalue weighted by Gasteiger charge is -2.09. The average molecular weight is 416 g/mol. The molecule has 0 atom stereocenters. The molecule has 2 rings (SSSR count). The van der Waals surface area contributed by atoms with Crippen molar-refractivity contribution in [3.8, 4) is 34.5 Å². The predicted octanol–water partition coefficient (Wildman–Crippen LogP) is 3.24. The van der Waals surface area contributed by atoms with Crippen LogP contribution in [0.4, 0.5) is 0 Å². The zero-order chi connectivity index (χ0) is 22.5. The monoisotopic (exact) mass is 416 g/mol. The summed E-state index contributed by atoms with van der Waals surface area (Å²) in [6.07, 6.45) is 7.24. The molecule has 0 amide bonds. The third kappa shape index (κ3) is 6.59. The Bertz CT molecular complexity index is 790. The van der Waals surface area contributed by atoms with Gasteiger partial charge in [0, 0.05) is 0 Å². The summed E-state index contributed by atoms with van der Waals surface area (Å²) in [5, 5.41) is 19.2. The standard InChI is InChI=1S/2C11H12O4/c2*1-14-9-6-8(4-3-5-12)7-10(15-2)11(9)13/h2*3-7,13H,1-2H3/b2*4-3+. The van der Waals surface area contributed by atoms with Gasteiger partial charge in [0.05, 0.1) is 28.4 Å². The summed E-state index contributed by atoms with van der Waals surface area (Å²) in [5.74, 6) is 1.12. The van der Waals surface area contributed by atoms with Crippen LogP contribution in [-0.2, 0) is 9.59 Å². The molecule has 2 N–H and O–H groups in total. The van der Waals surface area contributed by atoms with E-state index in [1.807, 2.05) is 0 Å². The summed E-state index contributed by atoms with van der Waals surface area (Å²) < 4.78 is 19.8. The summed E-state index contributed by atoms with van der Waals surface area (Å²) in [5.41, 5.74) is 1.43. The number of benzene rings is 2. The number of aromatic hydroxyl groups is 2. The predicted molar refractivity (Wildman–Crippen MR) is 113 cm³/mol. The van der Waals surface area contributed by atoms with Crippen LogP contribution in [0.5, 0.6) is 34.5 Å². The van der Waals surface area contributed by atoms with Crippen molar-refractivity contribution in [2.24, 2.45) is 0 Å². The van der Waals surface area contributed by atoms with Gasteiger partial charge in [-0.2, -0.15) is 0 Å². The summed E-state index contributed by atoms with van der Waals surface area (Å²) in [6, 6.07) is 6.44. The molecule has 0 unspecified atom stereocenters. The van der Waals surface area contributed by atoms with Gasteiger partial charge >= 0.3 is 0 Å². The minimum absolute atomic E-state index is 0.0525. The third-order valence-corrected chi connectivity index (χ3v) is 3.74. The van der Waals surface area contributed by atoms with E-state index in [-0.39, 0.29) is 11.5 Å². The molecule has 2 aromatic carbocycles. The molecule has 0 bridgehead atoms. The van der Waals surface area contributed by atoms with Crippen LogP contribution in [0.25, 0.3) is 12.2 Å². The van der Waals surface area contributed by atoms with Gasteiger partial charge in [0.2, 0.25) is 11.5 Å². The normalized spacial score (nSPS) is 10.3. The number of hydrogen-bond donors (Lipinski definition) is 2. The number of allylic oxidation sites excluding steroid dienone is 2. The molecule has 0 saturated carbocycles. The molecular weight excluding hydrogens is 392 g/mol. The fraction of sp³-hybridized carbons (Fsp3) is 0.182. The van der Waals surface area contributed by atoms with Gasteiger partial charge in [0.25, 0.3) is 0 Å². The van der Waals surface area contributed by atoms with Crippen LogP contribution < -0.4 is 18.9 Å². The first kappa shape index (κ1) is 24.1. The van der Waals surface area contributed by atoms with Crippen LogP contribution in [0.15, 0.2) is 36.4 Å². The van der Waals surface area contributed by atoms with Crippen molar-refractivity contribution in [2.45, 2.75) is 0 Å². The van der Waals surface area contributed by atoms with Crippen molar-refractivity contribution in [3.63, 3.8) is 0 Å². The molecule has 0 aliphatic carbocycles. The molecule has 0 saturated heterocycles. The highest BCUT2D eigenvalue weighted by atomic mass is 16.5. The van der Waals surface area contributed by atoms with Crippen LogP contribution in [-0.4, -0.2) is 51.2 Å². The Morgan fingerprint density at radius 1 is 0.600 bits per heavy atom. The first-order valence-corrected chi connectivity index (χ1v) is 8.59. The topological polar surface area (TPSA) is 112 Å². The van der Waals surface area contributed by atoms with Gasteiger partial charge in [-0.05, 0) is 47.5 Å². The van der Waals surface area contributed by atoms with Crippen molar-refractivity contribution < 1.29 is 38.7 Å². The summed E-state index contributed by atoms with van der Waals surface area (Å²) in [6.45, 7) is 0. The van der Waals surface area contributed by atoms with E-state index in [9.17, 15) is 19.8 Å². The molecule has 0 aromatic heterocycles. The number of carbonyl (C=O) groups excluding carboxylic acids is 2. The van der Waals surface area contributed by atoms with Crippen molar-refractivity contribution in [2.75, 3.05) is 28.4 Å². The van der Waals surface area contributed by atoms with Crippen LogP contribution in [0.2, 0.25) is 0 Å². The summed E-state index contributed by atoms with van der Waals surface area (Å²) >= 11 is 0. The smallest absolute Gasteiger partial charge is 0.200 e. The third-order valence-electron chi connectivity index (χ3n) is 3.74. The molecule has 0 radical (unpaired) electrons. The molecule has 8 nitrogen and oxygen atoms in total. The maximum atomic E-state index is 10.2. The maximum Gasteiger partial charge on any atom is 0.200 e. The lowest BCUT2D eigenvalue weighted by molar-refractivity contribution is -0.104. The minimum atomic E-state index is -0.0525. The number of hydrogen-bond acceptors (Lipinski definition) is 8. The molecule has 8 heteroatoms. The van der Waals surface area contributed by atoms with Crippen molar-refractivity contribution >= 4 is 24.7 Å². The summed E-state index contributed by atoms with van der Waals surface area (Å²) in [4.78, 5) is 20.3. The molecule has 0 spiro atoms. The Morgan fingerprint density at radius 3 is 1.07 bits per heavy atom. The fourth-order valence-corrected chi connectivity index (χ4v) is 2.32. The van der Waals surface area contributed by atoms with E-state index in [1.54, 1.807) is 36.4 Å². The molecule has 30 heavy (non-hydrogen) atoms.